The maximum atomic E-state index is 12.1. The number of hydrogen-bond donors (Lipinski definition) is 2. The molecule has 0 radical (unpaired) electrons. The zero-order chi connectivity index (χ0) is 20.8. The van der Waals surface area contributed by atoms with E-state index in [1.807, 2.05) is 12.1 Å². The molecule has 0 atom stereocenters. The van der Waals surface area contributed by atoms with E-state index in [0.717, 1.165) is 11.1 Å². The van der Waals surface area contributed by atoms with Crippen molar-refractivity contribution in [3.63, 3.8) is 0 Å². The molecule has 0 spiro atoms. The van der Waals surface area contributed by atoms with Crippen LogP contribution < -0.4 is 11.1 Å². The molecule has 3 rings (SSSR count). The van der Waals surface area contributed by atoms with E-state index in [0.29, 0.717) is 36.1 Å². The number of benzene rings is 2. The summed E-state index contributed by atoms with van der Waals surface area (Å²) in [5, 5.41) is 2.85. The van der Waals surface area contributed by atoms with E-state index in [9.17, 15) is 9.59 Å². The summed E-state index contributed by atoms with van der Waals surface area (Å²) in [7, 11) is 0. The van der Waals surface area contributed by atoms with Gasteiger partial charge in [0.2, 0.25) is 11.8 Å². The van der Waals surface area contributed by atoms with Gasteiger partial charge < -0.3 is 15.5 Å². The van der Waals surface area contributed by atoms with Crippen LogP contribution in [0.3, 0.4) is 0 Å². The second-order valence-electron chi connectivity index (χ2n) is 7.23. The van der Waals surface area contributed by atoms with Crippen LogP contribution in [0.15, 0.2) is 59.1 Å². The van der Waals surface area contributed by atoms with Crippen molar-refractivity contribution in [2.45, 2.75) is 39.2 Å². The molecular formula is C23H25N3O3. The van der Waals surface area contributed by atoms with Crippen molar-refractivity contribution in [3.05, 3.63) is 77.3 Å². The van der Waals surface area contributed by atoms with Crippen molar-refractivity contribution in [2.75, 3.05) is 0 Å². The number of nitrogens with two attached hydrogens (primary N) is 1. The monoisotopic (exact) mass is 391 g/mol. The van der Waals surface area contributed by atoms with Gasteiger partial charge in [0, 0.05) is 30.5 Å². The van der Waals surface area contributed by atoms with Crippen LogP contribution in [0.25, 0.3) is 11.3 Å². The predicted molar refractivity (Wildman–Crippen MR) is 111 cm³/mol. The average molecular weight is 391 g/mol. The summed E-state index contributed by atoms with van der Waals surface area (Å²) < 4.78 is 5.78. The molecule has 1 heterocycles. The fourth-order valence-corrected chi connectivity index (χ4v) is 2.89. The Labute approximate surface area is 170 Å². The van der Waals surface area contributed by atoms with Gasteiger partial charge in [-0.05, 0) is 29.2 Å². The van der Waals surface area contributed by atoms with E-state index in [1.54, 1.807) is 30.5 Å². The quantitative estimate of drug-likeness (QED) is 0.610. The third-order valence-corrected chi connectivity index (χ3v) is 4.71. The molecule has 0 unspecified atom stereocenters. The van der Waals surface area contributed by atoms with E-state index < -0.39 is 5.91 Å². The smallest absolute Gasteiger partial charge is 0.248 e. The van der Waals surface area contributed by atoms with Crippen molar-refractivity contribution in [2.24, 2.45) is 5.73 Å². The summed E-state index contributed by atoms with van der Waals surface area (Å²) in [6.07, 6.45) is 2.40. The standard InChI is InChI=1S/C23H25N3O3/c1-15(2)17-7-9-18(10-8-17)20-14-26-22(29-20)12-11-21(27)25-13-16-3-5-19(6-4-16)23(24)28/h3-10,14-15H,11-13H2,1-2H3,(H2,24,28)(H,25,27). The SMILES string of the molecule is CC(C)c1ccc(-c2cnc(CCC(=O)NCc3ccc(C(N)=O)cc3)o2)cc1. The summed E-state index contributed by atoms with van der Waals surface area (Å²) in [6, 6.07) is 15.1. The Morgan fingerprint density at radius 1 is 1.07 bits per heavy atom. The Kier molecular flexibility index (Phi) is 6.44. The Bertz CT molecular complexity index is 973. The molecule has 0 fully saturated rings. The van der Waals surface area contributed by atoms with Crippen LogP contribution in [0, 0.1) is 0 Å². The highest BCUT2D eigenvalue weighted by atomic mass is 16.4. The lowest BCUT2D eigenvalue weighted by Crippen LogP contribution is -2.23. The van der Waals surface area contributed by atoms with Gasteiger partial charge in [0.15, 0.2) is 11.7 Å². The summed E-state index contributed by atoms with van der Waals surface area (Å²) in [5.41, 5.74) is 8.79. The molecule has 0 saturated carbocycles. The van der Waals surface area contributed by atoms with Crippen LogP contribution in [-0.2, 0) is 17.8 Å². The minimum Gasteiger partial charge on any atom is -0.441 e. The normalized spacial score (nSPS) is 10.9. The van der Waals surface area contributed by atoms with Crippen LogP contribution in [0.2, 0.25) is 0 Å². The van der Waals surface area contributed by atoms with Gasteiger partial charge in [-0.15, -0.1) is 0 Å². The van der Waals surface area contributed by atoms with Crippen molar-refractivity contribution in [1.82, 2.24) is 10.3 Å². The van der Waals surface area contributed by atoms with Gasteiger partial charge in [-0.2, -0.15) is 0 Å². The molecule has 0 aliphatic carbocycles. The lowest BCUT2D eigenvalue weighted by molar-refractivity contribution is -0.121. The number of primary amides is 1. The molecule has 3 aromatic rings. The third-order valence-electron chi connectivity index (χ3n) is 4.71. The highest BCUT2D eigenvalue weighted by Gasteiger charge is 2.10. The molecule has 2 aromatic carbocycles. The van der Waals surface area contributed by atoms with E-state index in [2.05, 4.69) is 36.3 Å². The molecule has 2 amide bonds. The van der Waals surface area contributed by atoms with Gasteiger partial charge in [-0.25, -0.2) is 4.98 Å². The highest BCUT2D eigenvalue weighted by molar-refractivity contribution is 5.92. The van der Waals surface area contributed by atoms with Crippen LogP contribution >= 0.6 is 0 Å². The van der Waals surface area contributed by atoms with Crippen LogP contribution in [-0.4, -0.2) is 16.8 Å². The molecule has 3 N–H and O–H groups in total. The van der Waals surface area contributed by atoms with Gasteiger partial charge >= 0.3 is 0 Å². The molecule has 6 nitrogen and oxygen atoms in total. The Balaban J connectivity index is 1.48. The number of carbonyl (C=O) groups is 2. The first-order valence-electron chi connectivity index (χ1n) is 9.63. The fourth-order valence-electron chi connectivity index (χ4n) is 2.89. The molecule has 150 valence electrons. The van der Waals surface area contributed by atoms with Gasteiger partial charge in [0.25, 0.3) is 0 Å². The highest BCUT2D eigenvalue weighted by Crippen LogP contribution is 2.23. The summed E-state index contributed by atoms with van der Waals surface area (Å²) in [4.78, 5) is 27.4. The predicted octanol–water partition coefficient (Wildman–Crippen LogP) is 3.81. The topological polar surface area (TPSA) is 98.2 Å². The number of aryl methyl sites for hydroxylation is 1. The lowest BCUT2D eigenvalue weighted by atomic mass is 10.0. The number of amides is 2. The van der Waals surface area contributed by atoms with Crippen molar-refractivity contribution >= 4 is 11.8 Å². The Morgan fingerprint density at radius 2 is 1.76 bits per heavy atom. The van der Waals surface area contributed by atoms with Crippen molar-refractivity contribution < 1.29 is 14.0 Å². The zero-order valence-corrected chi connectivity index (χ0v) is 16.6. The van der Waals surface area contributed by atoms with Gasteiger partial charge in [0.1, 0.15) is 0 Å². The van der Waals surface area contributed by atoms with Crippen molar-refractivity contribution in [1.29, 1.82) is 0 Å². The second kappa shape index (κ2) is 9.19. The van der Waals surface area contributed by atoms with Gasteiger partial charge in [0.05, 0.1) is 6.20 Å². The number of nitrogens with one attached hydrogen (secondary N) is 1. The first kappa shape index (κ1) is 20.3. The Morgan fingerprint density at radius 3 is 2.38 bits per heavy atom. The lowest BCUT2D eigenvalue weighted by Gasteiger charge is -2.05. The molecule has 6 heteroatoms. The average Bonchev–Trinajstić information content (AvgIpc) is 3.20. The second-order valence-corrected chi connectivity index (χ2v) is 7.23. The Hall–Kier alpha value is -3.41. The molecule has 29 heavy (non-hydrogen) atoms. The maximum absolute atomic E-state index is 12.1. The zero-order valence-electron chi connectivity index (χ0n) is 16.6. The minimum absolute atomic E-state index is 0.0926. The molecule has 1 aromatic heterocycles. The largest absolute Gasteiger partial charge is 0.441 e. The third kappa shape index (κ3) is 5.54. The van der Waals surface area contributed by atoms with Gasteiger partial charge in [-0.1, -0.05) is 50.2 Å². The number of aromatic nitrogens is 1. The van der Waals surface area contributed by atoms with Gasteiger partial charge in [-0.3, -0.25) is 9.59 Å². The maximum Gasteiger partial charge on any atom is 0.248 e. The number of hydrogen-bond acceptors (Lipinski definition) is 4. The van der Waals surface area contributed by atoms with E-state index in [4.69, 9.17) is 10.2 Å². The van der Waals surface area contributed by atoms with Crippen LogP contribution in [0.1, 0.15) is 53.6 Å². The number of carbonyl (C=O) groups excluding carboxylic acids is 2. The molecule has 0 bridgehead atoms. The molecule has 0 aliphatic rings. The number of nitrogens with zero attached hydrogens (tertiary/aromatic N) is 1. The van der Waals surface area contributed by atoms with Crippen LogP contribution in [0.5, 0.6) is 0 Å². The number of oxazole rings is 1. The van der Waals surface area contributed by atoms with Crippen molar-refractivity contribution in [3.8, 4) is 11.3 Å². The van der Waals surface area contributed by atoms with E-state index in [-0.39, 0.29) is 12.3 Å². The van der Waals surface area contributed by atoms with Crippen LogP contribution in [0.4, 0.5) is 0 Å². The molecule has 0 saturated heterocycles. The minimum atomic E-state index is -0.471. The number of rotatable bonds is 8. The summed E-state index contributed by atoms with van der Waals surface area (Å²) >= 11 is 0. The summed E-state index contributed by atoms with van der Waals surface area (Å²) in [5.74, 6) is 1.15. The first-order chi connectivity index (χ1) is 13.9. The summed E-state index contributed by atoms with van der Waals surface area (Å²) in [6.45, 7) is 4.70. The van der Waals surface area contributed by atoms with E-state index in [1.165, 1.54) is 5.56 Å². The molecular weight excluding hydrogens is 366 g/mol. The first-order valence-corrected chi connectivity index (χ1v) is 9.63. The van der Waals surface area contributed by atoms with E-state index >= 15 is 0 Å². The fraction of sp³-hybridized carbons (Fsp3) is 0.261. The molecule has 0 aliphatic heterocycles.